The average Bonchev–Trinajstić information content (AvgIpc) is 3.35. The van der Waals surface area contributed by atoms with Crippen LogP contribution in [0.4, 0.5) is 0 Å². The molecule has 1 atom stereocenters. The fourth-order valence-electron chi connectivity index (χ4n) is 4.16. The van der Waals surface area contributed by atoms with Crippen molar-refractivity contribution in [2.24, 2.45) is 4.99 Å². The number of para-hydroxylation sites is 1. The number of thioether (sulfide) groups is 1. The van der Waals surface area contributed by atoms with E-state index >= 15 is 0 Å². The number of ether oxygens (including phenoxy) is 1. The molecule has 2 aromatic rings. The van der Waals surface area contributed by atoms with E-state index in [2.05, 4.69) is 45.3 Å². The molecular formula is C21H31IN4O2S. The van der Waals surface area contributed by atoms with Gasteiger partial charge < -0.3 is 19.8 Å². The first-order chi connectivity index (χ1) is 13.7. The monoisotopic (exact) mass is 530 g/mol. The van der Waals surface area contributed by atoms with E-state index in [4.69, 9.17) is 9.15 Å². The molecule has 2 saturated heterocycles. The first-order valence-electron chi connectivity index (χ1n) is 10.0. The molecule has 1 unspecified atom stereocenters. The number of nitrogens with zero attached hydrogens (tertiary/aromatic N) is 2. The normalized spacial score (nSPS) is 23.2. The number of fused-ring (bicyclic) bond motifs is 1. The van der Waals surface area contributed by atoms with Crippen molar-refractivity contribution < 1.29 is 9.15 Å². The molecule has 2 aliphatic heterocycles. The molecule has 29 heavy (non-hydrogen) atoms. The number of halogens is 1. The highest BCUT2D eigenvalue weighted by Crippen LogP contribution is 2.33. The zero-order chi connectivity index (χ0) is 19.4. The Morgan fingerprint density at radius 1 is 1.24 bits per heavy atom. The summed E-state index contributed by atoms with van der Waals surface area (Å²) in [6.45, 7) is 7.36. The van der Waals surface area contributed by atoms with Crippen molar-refractivity contribution in [3.63, 3.8) is 0 Å². The second-order valence-electron chi connectivity index (χ2n) is 7.55. The second-order valence-corrected chi connectivity index (χ2v) is 8.66. The lowest BCUT2D eigenvalue weighted by Crippen LogP contribution is -2.60. The topological polar surface area (TPSA) is 62.0 Å². The predicted octanol–water partition coefficient (Wildman–Crippen LogP) is 3.23. The molecule has 1 aromatic carbocycles. The van der Waals surface area contributed by atoms with Crippen LogP contribution in [0, 0.1) is 6.92 Å². The van der Waals surface area contributed by atoms with E-state index in [-0.39, 0.29) is 29.5 Å². The maximum absolute atomic E-state index is 6.02. The van der Waals surface area contributed by atoms with Gasteiger partial charge >= 0.3 is 0 Å². The van der Waals surface area contributed by atoms with E-state index in [1.807, 2.05) is 25.2 Å². The van der Waals surface area contributed by atoms with Crippen molar-refractivity contribution in [3.05, 3.63) is 35.6 Å². The Hall–Kier alpha value is -0.970. The highest BCUT2D eigenvalue weighted by atomic mass is 127. The first-order valence-corrected chi connectivity index (χ1v) is 11.2. The lowest BCUT2D eigenvalue weighted by molar-refractivity contribution is -0.0120. The van der Waals surface area contributed by atoms with Gasteiger partial charge in [0.25, 0.3) is 0 Å². The minimum atomic E-state index is 0. The Kier molecular flexibility index (Phi) is 8.12. The van der Waals surface area contributed by atoms with Gasteiger partial charge in [-0.25, -0.2) is 0 Å². The third-order valence-electron chi connectivity index (χ3n) is 5.93. The number of benzene rings is 1. The maximum Gasteiger partial charge on any atom is 0.191 e. The van der Waals surface area contributed by atoms with Gasteiger partial charge in [-0.1, -0.05) is 18.2 Å². The summed E-state index contributed by atoms with van der Waals surface area (Å²) in [5.74, 6) is 4.18. The van der Waals surface area contributed by atoms with Crippen LogP contribution in [0.15, 0.2) is 33.7 Å². The summed E-state index contributed by atoms with van der Waals surface area (Å²) in [7, 11) is 1.83. The molecule has 0 amide bonds. The summed E-state index contributed by atoms with van der Waals surface area (Å²) in [6, 6.07) is 8.18. The van der Waals surface area contributed by atoms with E-state index in [9.17, 15) is 0 Å². The maximum atomic E-state index is 6.02. The largest absolute Gasteiger partial charge is 0.459 e. The SMILES string of the molecule is CN=C(NCc1oc2ccccc2c1C)NCC1(N2CCOCC2)CCSC1.I. The van der Waals surface area contributed by atoms with Gasteiger partial charge in [0, 0.05) is 48.9 Å². The van der Waals surface area contributed by atoms with Crippen molar-refractivity contribution in [1.29, 1.82) is 0 Å². The van der Waals surface area contributed by atoms with Gasteiger partial charge in [-0.15, -0.1) is 24.0 Å². The molecule has 4 rings (SSSR count). The summed E-state index contributed by atoms with van der Waals surface area (Å²) in [4.78, 5) is 7.04. The molecule has 2 aliphatic rings. The van der Waals surface area contributed by atoms with Crippen LogP contribution in [0.1, 0.15) is 17.7 Å². The van der Waals surface area contributed by atoms with Crippen LogP contribution in [-0.4, -0.2) is 67.8 Å². The molecule has 0 bridgehead atoms. The van der Waals surface area contributed by atoms with Crippen LogP contribution >= 0.6 is 35.7 Å². The summed E-state index contributed by atoms with van der Waals surface area (Å²) >= 11 is 2.05. The number of aryl methyl sites for hydroxylation is 1. The molecule has 2 fully saturated rings. The highest BCUT2D eigenvalue weighted by Gasteiger charge is 2.40. The molecule has 6 nitrogen and oxygen atoms in total. The molecule has 0 spiro atoms. The Morgan fingerprint density at radius 2 is 2.03 bits per heavy atom. The third kappa shape index (κ3) is 5.03. The van der Waals surface area contributed by atoms with Crippen molar-refractivity contribution in [2.45, 2.75) is 25.4 Å². The standard InChI is InChI=1S/C21H30N4O2S.HI/c1-16-17-5-3-4-6-18(17)27-19(16)13-23-20(22-2)24-14-21(7-12-28-15-21)25-8-10-26-11-9-25;/h3-6H,7-15H2,1-2H3,(H2,22,23,24);1H. The van der Waals surface area contributed by atoms with Crippen LogP contribution in [0.3, 0.4) is 0 Å². The molecule has 0 radical (unpaired) electrons. The van der Waals surface area contributed by atoms with E-state index in [0.717, 1.165) is 50.2 Å². The summed E-state index contributed by atoms with van der Waals surface area (Å²) in [5.41, 5.74) is 2.32. The quantitative estimate of drug-likeness (QED) is 0.352. The molecular weight excluding hydrogens is 499 g/mol. The van der Waals surface area contributed by atoms with E-state index in [1.54, 1.807) is 0 Å². The number of aliphatic imine (C=N–C) groups is 1. The third-order valence-corrected chi connectivity index (χ3v) is 7.17. The minimum Gasteiger partial charge on any atom is -0.459 e. The van der Waals surface area contributed by atoms with Crippen LogP contribution in [0.5, 0.6) is 0 Å². The summed E-state index contributed by atoms with van der Waals surface area (Å²) < 4.78 is 11.6. The number of morpholine rings is 1. The fourth-order valence-corrected chi connectivity index (χ4v) is 5.64. The molecule has 2 N–H and O–H groups in total. The van der Waals surface area contributed by atoms with Gasteiger partial charge in [0.2, 0.25) is 0 Å². The first kappa shape index (κ1) is 22.7. The average molecular weight is 530 g/mol. The van der Waals surface area contributed by atoms with Crippen molar-refractivity contribution in [3.8, 4) is 0 Å². The summed E-state index contributed by atoms with van der Waals surface area (Å²) in [5, 5.41) is 8.18. The molecule has 3 heterocycles. The number of hydrogen-bond donors (Lipinski definition) is 2. The highest BCUT2D eigenvalue weighted by molar-refractivity contribution is 14.0. The molecule has 8 heteroatoms. The Labute approximate surface area is 194 Å². The van der Waals surface area contributed by atoms with Gasteiger partial charge in [-0.2, -0.15) is 11.8 Å². The fraction of sp³-hybridized carbons (Fsp3) is 0.571. The molecule has 0 saturated carbocycles. The smallest absolute Gasteiger partial charge is 0.191 e. The Morgan fingerprint density at radius 3 is 2.72 bits per heavy atom. The van der Waals surface area contributed by atoms with Gasteiger partial charge in [0.1, 0.15) is 11.3 Å². The number of hydrogen-bond acceptors (Lipinski definition) is 5. The van der Waals surface area contributed by atoms with Crippen molar-refractivity contribution in [1.82, 2.24) is 15.5 Å². The molecule has 1 aromatic heterocycles. The van der Waals surface area contributed by atoms with Crippen molar-refractivity contribution in [2.75, 3.05) is 51.4 Å². The van der Waals surface area contributed by atoms with Gasteiger partial charge in [0.15, 0.2) is 5.96 Å². The molecule has 160 valence electrons. The zero-order valence-corrected chi connectivity index (χ0v) is 20.3. The van der Waals surface area contributed by atoms with Crippen LogP contribution in [0.25, 0.3) is 11.0 Å². The van der Waals surface area contributed by atoms with Gasteiger partial charge in [-0.3, -0.25) is 9.89 Å². The Balaban J connectivity index is 0.00000240. The number of guanidine groups is 1. The van der Waals surface area contributed by atoms with E-state index < -0.39 is 0 Å². The van der Waals surface area contributed by atoms with Crippen LogP contribution < -0.4 is 10.6 Å². The minimum absolute atomic E-state index is 0. The summed E-state index contributed by atoms with van der Waals surface area (Å²) in [6.07, 6.45) is 1.21. The number of furan rings is 1. The number of rotatable bonds is 5. The second kappa shape index (κ2) is 10.4. The van der Waals surface area contributed by atoms with Crippen LogP contribution in [0.2, 0.25) is 0 Å². The Bertz CT molecular complexity index is 829. The van der Waals surface area contributed by atoms with E-state index in [0.29, 0.717) is 6.54 Å². The van der Waals surface area contributed by atoms with Gasteiger partial charge in [0.05, 0.1) is 19.8 Å². The van der Waals surface area contributed by atoms with E-state index in [1.165, 1.54) is 28.9 Å². The van der Waals surface area contributed by atoms with Crippen molar-refractivity contribution >= 4 is 52.7 Å². The molecule has 0 aliphatic carbocycles. The zero-order valence-electron chi connectivity index (χ0n) is 17.2. The van der Waals surface area contributed by atoms with Gasteiger partial charge in [-0.05, 0) is 25.2 Å². The predicted molar refractivity (Wildman–Crippen MR) is 132 cm³/mol. The lowest BCUT2D eigenvalue weighted by Gasteiger charge is -2.43. The number of nitrogens with one attached hydrogen (secondary N) is 2. The van der Waals surface area contributed by atoms with Crippen LogP contribution in [-0.2, 0) is 11.3 Å². The lowest BCUT2D eigenvalue weighted by atomic mass is 9.95.